The minimum Gasteiger partial charge on any atom is -0.493 e. The molecule has 0 aliphatic carbocycles. The van der Waals surface area contributed by atoms with Gasteiger partial charge < -0.3 is 5.11 Å². The lowest BCUT2D eigenvalue weighted by atomic mass is 10.0. The lowest BCUT2D eigenvalue weighted by Crippen LogP contribution is -1.96. The maximum absolute atomic E-state index is 10.6. The molecule has 0 aliphatic heterocycles. The number of aromatic nitrogens is 2. The van der Waals surface area contributed by atoms with Crippen molar-refractivity contribution in [2.75, 3.05) is 0 Å². The van der Waals surface area contributed by atoms with Gasteiger partial charge in [0.1, 0.15) is 0 Å². The first-order valence-corrected chi connectivity index (χ1v) is 7.55. The molecular weight excluding hydrogens is 272 g/mol. The van der Waals surface area contributed by atoms with Crippen molar-refractivity contribution in [3.63, 3.8) is 0 Å². The molecular formula is C19H20N2O. The van der Waals surface area contributed by atoms with Crippen LogP contribution in [0.15, 0.2) is 48.5 Å². The molecule has 0 saturated heterocycles. The maximum Gasteiger partial charge on any atom is 0.218 e. The molecule has 3 nitrogen and oxygen atoms in total. The van der Waals surface area contributed by atoms with E-state index in [9.17, 15) is 5.11 Å². The van der Waals surface area contributed by atoms with Crippen LogP contribution in [-0.4, -0.2) is 14.9 Å². The smallest absolute Gasteiger partial charge is 0.218 e. The minimum atomic E-state index is 0.225. The molecule has 0 radical (unpaired) electrons. The first kappa shape index (κ1) is 14.4. The molecule has 0 saturated carbocycles. The van der Waals surface area contributed by atoms with Crippen molar-refractivity contribution in [3.05, 3.63) is 65.2 Å². The molecule has 1 heterocycles. The van der Waals surface area contributed by atoms with E-state index in [-0.39, 0.29) is 5.88 Å². The number of nitrogens with zero attached hydrogens (tertiary/aromatic N) is 2. The monoisotopic (exact) mass is 292 g/mol. The second-order valence-corrected chi connectivity index (χ2v) is 5.62. The Morgan fingerprint density at radius 3 is 2.36 bits per heavy atom. The van der Waals surface area contributed by atoms with Gasteiger partial charge in [-0.2, -0.15) is 5.10 Å². The quantitative estimate of drug-likeness (QED) is 0.775. The highest BCUT2D eigenvalue weighted by molar-refractivity contribution is 5.67. The van der Waals surface area contributed by atoms with Gasteiger partial charge in [-0.05, 0) is 38.5 Å². The summed E-state index contributed by atoms with van der Waals surface area (Å²) in [6.07, 6.45) is 0.737. The van der Waals surface area contributed by atoms with E-state index >= 15 is 0 Å². The van der Waals surface area contributed by atoms with Gasteiger partial charge in [-0.15, -0.1) is 0 Å². The van der Waals surface area contributed by atoms with Crippen molar-refractivity contribution in [1.82, 2.24) is 9.78 Å². The van der Waals surface area contributed by atoms with Crippen LogP contribution in [0.25, 0.3) is 16.9 Å². The lowest BCUT2D eigenvalue weighted by Gasteiger charge is -2.03. The second kappa shape index (κ2) is 5.68. The van der Waals surface area contributed by atoms with E-state index in [2.05, 4.69) is 24.2 Å². The normalized spacial score (nSPS) is 10.9. The summed E-state index contributed by atoms with van der Waals surface area (Å²) in [7, 11) is 0. The fraction of sp³-hybridized carbons (Fsp3) is 0.211. The second-order valence-electron chi connectivity index (χ2n) is 5.62. The molecule has 1 N–H and O–H groups in total. The van der Waals surface area contributed by atoms with Gasteiger partial charge in [-0.3, -0.25) is 0 Å². The van der Waals surface area contributed by atoms with Crippen LogP contribution in [0.3, 0.4) is 0 Å². The Kier molecular flexibility index (Phi) is 3.72. The Hall–Kier alpha value is -2.55. The van der Waals surface area contributed by atoms with Crippen molar-refractivity contribution in [2.45, 2.75) is 27.2 Å². The third kappa shape index (κ3) is 2.50. The number of hydrogen-bond acceptors (Lipinski definition) is 2. The van der Waals surface area contributed by atoms with Crippen LogP contribution in [0, 0.1) is 13.8 Å². The van der Waals surface area contributed by atoms with Crippen LogP contribution in [0.1, 0.15) is 23.6 Å². The Balaban J connectivity index is 2.16. The van der Waals surface area contributed by atoms with Crippen molar-refractivity contribution in [2.24, 2.45) is 0 Å². The summed E-state index contributed by atoms with van der Waals surface area (Å²) < 4.78 is 1.62. The van der Waals surface area contributed by atoms with E-state index < -0.39 is 0 Å². The highest BCUT2D eigenvalue weighted by Crippen LogP contribution is 2.32. The molecule has 0 aliphatic rings. The van der Waals surface area contributed by atoms with Crippen LogP contribution in [0.5, 0.6) is 5.88 Å². The predicted octanol–water partition coefficient (Wildman–Crippen LogP) is 4.42. The average molecular weight is 292 g/mol. The van der Waals surface area contributed by atoms with Crippen LogP contribution >= 0.6 is 0 Å². The summed E-state index contributed by atoms with van der Waals surface area (Å²) in [6.45, 7) is 6.14. The molecule has 3 rings (SSSR count). The van der Waals surface area contributed by atoms with E-state index in [0.717, 1.165) is 28.9 Å². The summed E-state index contributed by atoms with van der Waals surface area (Å²) in [5.74, 6) is 0.225. The molecule has 112 valence electrons. The molecule has 0 unspecified atom stereocenters. The SMILES string of the molecule is CCc1c(-c2cccc(C)c2)nn(-c2ccc(C)cc2)c1O. The number of benzene rings is 2. The highest BCUT2D eigenvalue weighted by Gasteiger charge is 2.18. The molecule has 22 heavy (non-hydrogen) atoms. The zero-order valence-electron chi connectivity index (χ0n) is 13.2. The van der Waals surface area contributed by atoms with Crippen molar-refractivity contribution >= 4 is 0 Å². The van der Waals surface area contributed by atoms with Crippen molar-refractivity contribution in [1.29, 1.82) is 0 Å². The van der Waals surface area contributed by atoms with E-state index in [1.54, 1.807) is 4.68 Å². The Morgan fingerprint density at radius 1 is 1.00 bits per heavy atom. The Morgan fingerprint density at radius 2 is 1.73 bits per heavy atom. The molecule has 0 amide bonds. The van der Waals surface area contributed by atoms with Gasteiger partial charge in [0.15, 0.2) is 0 Å². The summed E-state index contributed by atoms with van der Waals surface area (Å²) in [6, 6.07) is 16.2. The number of hydrogen-bond donors (Lipinski definition) is 1. The zero-order chi connectivity index (χ0) is 15.7. The van der Waals surface area contributed by atoms with Gasteiger partial charge in [0.25, 0.3) is 0 Å². The third-order valence-corrected chi connectivity index (χ3v) is 3.88. The van der Waals surface area contributed by atoms with E-state index in [0.29, 0.717) is 0 Å². The molecule has 0 spiro atoms. The molecule has 3 aromatic rings. The standard InChI is InChI=1S/C19H20N2O/c1-4-17-18(15-7-5-6-14(3)12-15)20-21(19(17)22)16-10-8-13(2)9-11-16/h5-12,22H,4H2,1-3H3. The van der Waals surface area contributed by atoms with Gasteiger partial charge >= 0.3 is 0 Å². The zero-order valence-corrected chi connectivity index (χ0v) is 13.2. The van der Waals surface area contributed by atoms with E-state index in [1.807, 2.05) is 50.2 Å². The number of rotatable bonds is 3. The van der Waals surface area contributed by atoms with E-state index in [4.69, 9.17) is 0 Å². The topological polar surface area (TPSA) is 38.0 Å². The molecule has 3 heteroatoms. The molecule has 1 aromatic heterocycles. The van der Waals surface area contributed by atoms with Crippen LogP contribution in [-0.2, 0) is 6.42 Å². The maximum atomic E-state index is 10.6. The largest absolute Gasteiger partial charge is 0.493 e. The third-order valence-electron chi connectivity index (χ3n) is 3.88. The summed E-state index contributed by atoms with van der Waals surface area (Å²) in [4.78, 5) is 0. The number of aromatic hydroxyl groups is 1. The molecule has 0 bridgehead atoms. The van der Waals surface area contributed by atoms with Crippen LogP contribution in [0.2, 0.25) is 0 Å². The highest BCUT2D eigenvalue weighted by atomic mass is 16.3. The van der Waals surface area contributed by atoms with Gasteiger partial charge in [-0.1, -0.05) is 48.4 Å². The van der Waals surface area contributed by atoms with E-state index in [1.165, 1.54) is 11.1 Å². The first-order valence-electron chi connectivity index (χ1n) is 7.55. The molecule has 0 atom stereocenters. The number of aryl methyl sites for hydroxylation is 2. The Labute approximate surface area is 130 Å². The fourth-order valence-corrected chi connectivity index (χ4v) is 2.66. The average Bonchev–Trinajstić information content (AvgIpc) is 2.85. The minimum absolute atomic E-state index is 0.225. The van der Waals surface area contributed by atoms with Gasteiger partial charge in [0.2, 0.25) is 5.88 Å². The van der Waals surface area contributed by atoms with Crippen molar-refractivity contribution < 1.29 is 5.11 Å². The Bertz CT molecular complexity index is 801. The first-order chi connectivity index (χ1) is 10.6. The van der Waals surface area contributed by atoms with Gasteiger partial charge in [0, 0.05) is 11.1 Å². The molecule has 2 aromatic carbocycles. The fourth-order valence-electron chi connectivity index (χ4n) is 2.66. The van der Waals surface area contributed by atoms with Gasteiger partial charge in [-0.25, -0.2) is 4.68 Å². The van der Waals surface area contributed by atoms with Crippen molar-refractivity contribution in [3.8, 4) is 22.8 Å². The predicted molar refractivity (Wildman–Crippen MR) is 89.5 cm³/mol. The summed E-state index contributed by atoms with van der Waals surface area (Å²) in [5.41, 5.74) is 6.01. The van der Waals surface area contributed by atoms with Gasteiger partial charge in [0.05, 0.1) is 11.4 Å². The summed E-state index contributed by atoms with van der Waals surface area (Å²) >= 11 is 0. The lowest BCUT2D eigenvalue weighted by molar-refractivity contribution is 0.428. The summed E-state index contributed by atoms with van der Waals surface area (Å²) in [5, 5.41) is 15.2. The molecule has 0 fully saturated rings. The van der Waals surface area contributed by atoms with Crippen LogP contribution < -0.4 is 0 Å². The van der Waals surface area contributed by atoms with Crippen LogP contribution in [0.4, 0.5) is 0 Å².